The first-order valence-corrected chi connectivity index (χ1v) is 7.59. The van der Waals surface area contributed by atoms with Crippen LogP contribution in [0.1, 0.15) is 0 Å². The van der Waals surface area contributed by atoms with Crippen LogP contribution < -0.4 is 16.0 Å². The maximum absolute atomic E-state index is 5.96. The Bertz CT molecular complexity index is 671. The lowest BCUT2D eigenvalue weighted by molar-refractivity contribution is 1.09. The minimum atomic E-state index is 0.321. The summed E-state index contributed by atoms with van der Waals surface area (Å²) >= 11 is 17.7. The van der Waals surface area contributed by atoms with Crippen molar-refractivity contribution in [2.24, 2.45) is 10.7 Å². The summed E-state index contributed by atoms with van der Waals surface area (Å²) in [6.45, 7) is 0.321. The molecule has 0 aliphatic rings. The minimum Gasteiger partial charge on any atom is -0.369 e. The van der Waals surface area contributed by atoms with Crippen molar-refractivity contribution in [2.45, 2.75) is 0 Å². The molecule has 116 valence electrons. The van der Waals surface area contributed by atoms with Crippen molar-refractivity contribution in [3.8, 4) is 0 Å². The van der Waals surface area contributed by atoms with E-state index in [0.717, 1.165) is 11.4 Å². The van der Waals surface area contributed by atoms with Gasteiger partial charge in [0, 0.05) is 23.4 Å². The fraction of sp³-hybridized carbons (Fsp3) is 0.133. The summed E-state index contributed by atoms with van der Waals surface area (Å²) in [4.78, 5) is 6.04. The van der Waals surface area contributed by atoms with Gasteiger partial charge in [0.05, 0.1) is 10.0 Å². The number of nitrogens with one attached hydrogen (secondary N) is 1. The second-order valence-corrected chi connectivity index (χ2v) is 5.77. The van der Waals surface area contributed by atoms with E-state index in [2.05, 4.69) is 10.3 Å². The number of nitrogens with zero attached hydrogens (tertiary/aromatic N) is 2. The molecule has 0 aromatic heterocycles. The molecule has 0 spiro atoms. The fourth-order valence-electron chi connectivity index (χ4n) is 1.72. The molecular formula is C15H15Cl3N4. The Morgan fingerprint density at radius 2 is 1.77 bits per heavy atom. The minimum absolute atomic E-state index is 0.321. The number of nitrogens with two attached hydrogens (primary N) is 1. The number of anilines is 2. The van der Waals surface area contributed by atoms with Gasteiger partial charge in [-0.2, -0.15) is 0 Å². The maximum Gasteiger partial charge on any atom is 0.197 e. The lowest BCUT2D eigenvalue weighted by atomic mass is 10.3. The summed E-state index contributed by atoms with van der Waals surface area (Å²) in [5.74, 6) is 0.384. The molecule has 0 saturated carbocycles. The molecular weight excluding hydrogens is 343 g/mol. The molecule has 0 radical (unpaired) electrons. The van der Waals surface area contributed by atoms with Crippen molar-refractivity contribution in [3.05, 3.63) is 57.5 Å². The Balaban J connectivity index is 1.97. The van der Waals surface area contributed by atoms with Gasteiger partial charge in [-0.3, -0.25) is 0 Å². The Morgan fingerprint density at radius 1 is 1.09 bits per heavy atom. The van der Waals surface area contributed by atoms with Crippen LogP contribution in [-0.4, -0.2) is 19.7 Å². The topological polar surface area (TPSA) is 53.6 Å². The number of rotatable bonds is 4. The van der Waals surface area contributed by atoms with Gasteiger partial charge >= 0.3 is 0 Å². The molecule has 2 aromatic carbocycles. The van der Waals surface area contributed by atoms with Crippen molar-refractivity contribution in [1.82, 2.24) is 0 Å². The SMILES string of the molecule is CN(C(N)=NCNc1ccc(Cl)c(Cl)c1)c1ccc(Cl)cc1. The summed E-state index contributed by atoms with van der Waals surface area (Å²) in [7, 11) is 1.83. The second kappa shape index (κ2) is 7.58. The van der Waals surface area contributed by atoms with Crippen molar-refractivity contribution >= 4 is 52.1 Å². The average Bonchev–Trinajstić information content (AvgIpc) is 2.51. The van der Waals surface area contributed by atoms with Gasteiger partial charge in [-0.1, -0.05) is 34.8 Å². The number of hydrogen-bond acceptors (Lipinski definition) is 2. The third-order valence-corrected chi connectivity index (χ3v) is 3.99. The molecule has 0 saturated heterocycles. The van der Waals surface area contributed by atoms with Gasteiger partial charge in [-0.15, -0.1) is 0 Å². The Labute approximate surface area is 144 Å². The summed E-state index contributed by atoms with van der Waals surface area (Å²) in [6.07, 6.45) is 0. The molecule has 0 atom stereocenters. The third-order valence-electron chi connectivity index (χ3n) is 3.00. The van der Waals surface area contributed by atoms with E-state index in [1.807, 2.05) is 25.2 Å². The van der Waals surface area contributed by atoms with Crippen LogP contribution in [0, 0.1) is 0 Å². The van der Waals surface area contributed by atoms with Crippen LogP contribution in [0.2, 0.25) is 15.1 Å². The average molecular weight is 358 g/mol. The Kier molecular flexibility index (Phi) is 5.77. The standard InChI is InChI=1S/C15H15Cl3N4/c1-22(12-5-2-10(16)3-6-12)15(19)21-9-20-11-4-7-13(17)14(18)8-11/h2-8,20H,9H2,1H3,(H2,19,21). The fourth-order valence-corrected chi connectivity index (χ4v) is 2.15. The number of benzene rings is 2. The van der Waals surface area contributed by atoms with Crippen molar-refractivity contribution in [3.63, 3.8) is 0 Å². The highest BCUT2D eigenvalue weighted by Gasteiger charge is 2.04. The zero-order valence-corrected chi connectivity index (χ0v) is 14.1. The Hall–Kier alpha value is -1.62. The van der Waals surface area contributed by atoms with Gasteiger partial charge in [-0.25, -0.2) is 4.99 Å². The predicted octanol–water partition coefficient (Wildman–Crippen LogP) is 4.47. The highest BCUT2D eigenvalue weighted by atomic mass is 35.5. The number of guanidine groups is 1. The summed E-state index contributed by atoms with van der Waals surface area (Å²) in [5.41, 5.74) is 7.68. The molecule has 7 heteroatoms. The van der Waals surface area contributed by atoms with E-state index in [-0.39, 0.29) is 0 Å². The van der Waals surface area contributed by atoms with Crippen LogP contribution in [0.4, 0.5) is 11.4 Å². The quantitative estimate of drug-likeness (QED) is 0.627. The Morgan fingerprint density at radius 3 is 2.41 bits per heavy atom. The first kappa shape index (κ1) is 16.7. The summed E-state index contributed by atoms with van der Waals surface area (Å²) in [6, 6.07) is 12.6. The van der Waals surface area contributed by atoms with E-state index in [9.17, 15) is 0 Å². The molecule has 0 bridgehead atoms. The molecule has 2 rings (SSSR count). The lowest BCUT2D eigenvalue weighted by Gasteiger charge is -2.18. The molecule has 22 heavy (non-hydrogen) atoms. The lowest BCUT2D eigenvalue weighted by Crippen LogP contribution is -2.34. The molecule has 0 heterocycles. The monoisotopic (exact) mass is 356 g/mol. The van der Waals surface area contributed by atoms with Crippen LogP contribution >= 0.6 is 34.8 Å². The van der Waals surface area contributed by atoms with E-state index in [1.54, 1.807) is 29.2 Å². The highest BCUT2D eigenvalue weighted by Crippen LogP contribution is 2.24. The largest absolute Gasteiger partial charge is 0.369 e. The van der Waals surface area contributed by atoms with E-state index in [0.29, 0.717) is 27.7 Å². The van der Waals surface area contributed by atoms with Crippen molar-refractivity contribution in [1.29, 1.82) is 0 Å². The predicted molar refractivity (Wildman–Crippen MR) is 96.4 cm³/mol. The van der Waals surface area contributed by atoms with E-state index in [4.69, 9.17) is 40.5 Å². The van der Waals surface area contributed by atoms with E-state index >= 15 is 0 Å². The van der Waals surface area contributed by atoms with Crippen molar-refractivity contribution < 1.29 is 0 Å². The van der Waals surface area contributed by atoms with Gasteiger partial charge in [-0.05, 0) is 42.5 Å². The van der Waals surface area contributed by atoms with Gasteiger partial charge < -0.3 is 16.0 Å². The molecule has 4 nitrogen and oxygen atoms in total. The normalized spacial score (nSPS) is 11.4. The molecule has 0 fully saturated rings. The number of halogens is 3. The highest BCUT2D eigenvalue weighted by molar-refractivity contribution is 6.42. The van der Waals surface area contributed by atoms with Gasteiger partial charge in [0.1, 0.15) is 6.67 Å². The number of hydrogen-bond donors (Lipinski definition) is 2. The molecule has 0 amide bonds. The van der Waals surface area contributed by atoms with Gasteiger partial charge in [0.15, 0.2) is 5.96 Å². The first-order chi connectivity index (χ1) is 10.5. The van der Waals surface area contributed by atoms with Gasteiger partial charge in [0.2, 0.25) is 0 Å². The molecule has 2 aromatic rings. The zero-order valence-electron chi connectivity index (χ0n) is 11.9. The zero-order chi connectivity index (χ0) is 16.1. The van der Waals surface area contributed by atoms with Crippen molar-refractivity contribution in [2.75, 3.05) is 23.9 Å². The first-order valence-electron chi connectivity index (χ1n) is 6.45. The number of aliphatic imine (C=N–C) groups is 1. The van der Waals surface area contributed by atoms with Crippen LogP contribution in [0.25, 0.3) is 0 Å². The second-order valence-electron chi connectivity index (χ2n) is 4.52. The van der Waals surface area contributed by atoms with Gasteiger partial charge in [0.25, 0.3) is 0 Å². The van der Waals surface area contributed by atoms with Crippen LogP contribution in [0.3, 0.4) is 0 Å². The molecule has 0 aliphatic heterocycles. The van der Waals surface area contributed by atoms with E-state index in [1.165, 1.54) is 0 Å². The van der Waals surface area contributed by atoms with Crippen LogP contribution in [0.5, 0.6) is 0 Å². The molecule has 3 N–H and O–H groups in total. The summed E-state index contributed by atoms with van der Waals surface area (Å²) < 4.78 is 0. The van der Waals surface area contributed by atoms with Crippen LogP contribution in [0.15, 0.2) is 47.5 Å². The molecule has 0 aliphatic carbocycles. The molecule has 0 unspecified atom stereocenters. The third kappa shape index (κ3) is 4.44. The van der Waals surface area contributed by atoms with E-state index < -0.39 is 0 Å². The smallest absolute Gasteiger partial charge is 0.197 e. The summed E-state index contributed by atoms with van der Waals surface area (Å²) in [5, 5.41) is 4.78. The van der Waals surface area contributed by atoms with Crippen LogP contribution in [-0.2, 0) is 0 Å². The maximum atomic E-state index is 5.96.